The van der Waals surface area contributed by atoms with Crippen molar-refractivity contribution in [3.8, 4) is 5.75 Å². The summed E-state index contributed by atoms with van der Waals surface area (Å²) in [4.78, 5) is 43.1. The van der Waals surface area contributed by atoms with Crippen LogP contribution in [0, 0.1) is 17.8 Å². The van der Waals surface area contributed by atoms with E-state index in [2.05, 4.69) is 4.90 Å². The number of nitrogens with two attached hydrogens (primary N) is 1. The molecule has 0 aromatic heterocycles. The Bertz CT molecular complexity index is 1410. The number of nitrogens with zero attached hydrogens (tertiary/aromatic N) is 2. The summed E-state index contributed by atoms with van der Waals surface area (Å²) < 4.78 is 0. The number of ketones is 2. The first kappa shape index (κ1) is 27.3. The van der Waals surface area contributed by atoms with Gasteiger partial charge in [-0.3, -0.25) is 24.2 Å². The maximum Gasteiger partial charge on any atom is 0.255 e. The molecular weight excluding hydrogens is 538 g/mol. The second-order valence-electron chi connectivity index (χ2n) is 12.3. The van der Waals surface area contributed by atoms with E-state index >= 15 is 0 Å². The third-order valence-electron chi connectivity index (χ3n) is 9.36. The first-order valence-corrected chi connectivity index (χ1v) is 14.2. The molecule has 11 heteroatoms. The highest BCUT2D eigenvalue weighted by Gasteiger charge is 2.64. The van der Waals surface area contributed by atoms with Gasteiger partial charge in [-0.15, -0.1) is 0 Å². The van der Waals surface area contributed by atoms with Crippen molar-refractivity contribution in [2.24, 2.45) is 23.5 Å². The molecule has 3 saturated carbocycles. The number of carbonyl (C=O) groups excluding carboxylic acids is 3. The Morgan fingerprint density at radius 2 is 1.82 bits per heavy atom. The molecule has 0 bridgehead atoms. The molecule has 5 aliphatic rings. The Labute approximate surface area is 236 Å². The van der Waals surface area contributed by atoms with Gasteiger partial charge in [0, 0.05) is 35.6 Å². The molecule has 0 spiro atoms. The summed E-state index contributed by atoms with van der Waals surface area (Å²) in [7, 11) is 3.14. The summed E-state index contributed by atoms with van der Waals surface area (Å²) in [5.41, 5.74) is 2.96. The number of rotatable bonds is 7. The lowest BCUT2D eigenvalue weighted by molar-refractivity contribution is -0.153. The molecule has 1 amide bonds. The van der Waals surface area contributed by atoms with Gasteiger partial charge in [-0.2, -0.15) is 0 Å². The standard InChI is InChI=1S/C29H34ClN3O7/c1-32(2)23-17-8-13-7-16-20(18(34)9-14(22(16)30)11-33(15-5-6-15)10-12-3-4-12)24(35)19(13)26(37)29(17,40)27(38)21(25(23)36)28(31)39/h9,12-13,15,17,23,34-35,38,40H,3-8,10-11H2,1-2H3,(H2,31,39)/t13-,17-,23-,29-/m0/s1. The van der Waals surface area contributed by atoms with E-state index < -0.39 is 58.0 Å². The van der Waals surface area contributed by atoms with Crippen LogP contribution in [0.25, 0.3) is 5.76 Å². The number of fused-ring (bicyclic) bond motifs is 3. The minimum Gasteiger partial charge on any atom is -0.508 e. The Morgan fingerprint density at radius 1 is 1.15 bits per heavy atom. The second kappa shape index (κ2) is 9.30. The van der Waals surface area contributed by atoms with Crippen LogP contribution in [0.1, 0.15) is 48.8 Å². The molecule has 1 aromatic carbocycles. The van der Waals surface area contributed by atoms with Crippen LogP contribution in [-0.4, -0.2) is 86.0 Å². The SMILES string of the molecule is CN(C)[C@@H]1C(=O)C(C(N)=O)=C(O)[C@@]2(O)C(=O)C3=C(O)c4c(O)cc(CN(CC5CC5)C5CC5)c(Cl)c4C[C@H]3C[C@@H]12. The normalized spacial score (nSPS) is 30.1. The number of aliphatic hydroxyl groups is 3. The van der Waals surface area contributed by atoms with Crippen molar-refractivity contribution < 1.29 is 34.8 Å². The van der Waals surface area contributed by atoms with Gasteiger partial charge in [0.2, 0.25) is 5.78 Å². The average molecular weight is 572 g/mol. The van der Waals surface area contributed by atoms with Crippen LogP contribution in [0.2, 0.25) is 5.02 Å². The van der Waals surface area contributed by atoms with Crippen molar-refractivity contribution >= 4 is 34.8 Å². The van der Waals surface area contributed by atoms with E-state index in [0.717, 1.165) is 24.9 Å². The fraction of sp³-hybridized carbons (Fsp3) is 0.552. The zero-order valence-corrected chi connectivity index (χ0v) is 23.2. The number of phenolic OH excluding ortho intramolecular Hbond substituents is 1. The number of hydrogen-bond acceptors (Lipinski definition) is 9. The Kier molecular flexibility index (Phi) is 6.34. The minimum atomic E-state index is -2.66. The summed E-state index contributed by atoms with van der Waals surface area (Å²) in [6.07, 6.45) is 4.92. The molecule has 4 atom stereocenters. The first-order valence-electron chi connectivity index (χ1n) is 13.8. The number of aromatic hydroxyl groups is 1. The molecule has 0 unspecified atom stereocenters. The third kappa shape index (κ3) is 3.99. The van der Waals surface area contributed by atoms with Crippen molar-refractivity contribution in [2.75, 3.05) is 20.6 Å². The highest BCUT2D eigenvalue weighted by atomic mass is 35.5. The largest absolute Gasteiger partial charge is 0.508 e. The summed E-state index contributed by atoms with van der Waals surface area (Å²) in [5, 5.41) is 45.5. The molecule has 214 valence electrons. The van der Waals surface area contributed by atoms with Gasteiger partial charge >= 0.3 is 0 Å². The lowest BCUT2D eigenvalue weighted by Gasteiger charge is -2.50. The van der Waals surface area contributed by atoms with Gasteiger partial charge in [-0.05, 0) is 81.6 Å². The average Bonchev–Trinajstić information content (AvgIpc) is 3.78. The van der Waals surface area contributed by atoms with Crippen molar-refractivity contribution in [3.05, 3.63) is 44.7 Å². The molecule has 3 fully saturated rings. The molecule has 6 rings (SSSR count). The van der Waals surface area contributed by atoms with E-state index in [4.69, 9.17) is 17.3 Å². The van der Waals surface area contributed by atoms with Gasteiger partial charge in [0.05, 0.1) is 11.6 Å². The van der Waals surface area contributed by atoms with Gasteiger partial charge in [0.1, 0.15) is 22.8 Å². The summed E-state index contributed by atoms with van der Waals surface area (Å²) in [5.74, 6) is -6.01. The third-order valence-corrected chi connectivity index (χ3v) is 9.83. The van der Waals surface area contributed by atoms with E-state index in [1.165, 1.54) is 23.8 Å². The molecule has 6 N–H and O–H groups in total. The highest BCUT2D eigenvalue weighted by Crippen LogP contribution is 2.54. The highest BCUT2D eigenvalue weighted by molar-refractivity contribution is 6.32. The van der Waals surface area contributed by atoms with Gasteiger partial charge in [-0.1, -0.05) is 11.6 Å². The number of benzene rings is 1. The summed E-state index contributed by atoms with van der Waals surface area (Å²) in [6.45, 7) is 1.55. The van der Waals surface area contributed by atoms with Crippen molar-refractivity contribution in [1.82, 2.24) is 9.80 Å². The molecule has 40 heavy (non-hydrogen) atoms. The monoisotopic (exact) mass is 571 g/mol. The zero-order valence-electron chi connectivity index (χ0n) is 22.5. The molecule has 1 aromatic rings. The van der Waals surface area contributed by atoms with Crippen LogP contribution in [0.15, 0.2) is 23.0 Å². The fourth-order valence-electron chi connectivity index (χ4n) is 7.10. The molecule has 0 radical (unpaired) electrons. The Balaban J connectivity index is 1.44. The number of amides is 1. The number of likely N-dealkylation sites (N-methyl/N-ethyl adjacent to an activating group) is 1. The summed E-state index contributed by atoms with van der Waals surface area (Å²) >= 11 is 6.93. The van der Waals surface area contributed by atoms with Crippen LogP contribution in [-0.2, 0) is 27.3 Å². The lowest BCUT2D eigenvalue weighted by Crippen LogP contribution is -2.65. The predicted octanol–water partition coefficient (Wildman–Crippen LogP) is 1.99. The van der Waals surface area contributed by atoms with Gasteiger partial charge < -0.3 is 26.2 Å². The molecule has 0 heterocycles. The topological polar surface area (TPSA) is 165 Å². The number of aliphatic hydroxyl groups excluding tert-OH is 2. The van der Waals surface area contributed by atoms with Crippen molar-refractivity contribution in [1.29, 1.82) is 0 Å². The summed E-state index contributed by atoms with van der Waals surface area (Å²) in [6, 6.07) is 0.901. The molecule has 10 nitrogen and oxygen atoms in total. The molecule has 0 aliphatic heterocycles. The zero-order chi connectivity index (χ0) is 28.8. The van der Waals surface area contributed by atoms with Crippen LogP contribution in [0.3, 0.4) is 0 Å². The maximum atomic E-state index is 13.9. The molecule has 5 aliphatic carbocycles. The quantitative estimate of drug-likeness (QED) is 0.308. The molecule has 0 saturated heterocycles. The van der Waals surface area contributed by atoms with Gasteiger partial charge in [0.25, 0.3) is 5.91 Å². The van der Waals surface area contributed by atoms with E-state index in [9.17, 15) is 34.8 Å². The van der Waals surface area contributed by atoms with Crippen LogP contribution in [0.5, 0.6) is 5.75 Å². The van der Waals surface area contributed by atoms with E-state index in [0.29, 0.717) is 29.1 Å². The number of phenols is 1. The van der Waals surface area contributed by atoms with Gasteiger partial charge in [0.15, 0.2) is 11.4 Å². The maximum absolute atomic E-state index is 13.9. The Hall–Kier alpha value is -2.92. The lowest BCUT2D eigenvalue weighted by atomic mass is 9.57. The van der Waals surface area contributed by atoms with E-state index in [1.54, 1.807) is 14.1 Å². The van der Waals surface area contributed by atoms with Crippen LogP contribution >= 0.6 is 11.6 Å². The van der Waals surface area contributed by atoms with E-state index in [1.807, 2.05) is 0 Å². The number of halogens is 1. The minimum absolute atomic E-state index is 0.0187. The molecular formula is C29H34ClN3O7. The predicted molar refractivity (Wildman–Crippen MR) is 145 cm³/mol. The number of hydrogen-bond donors (Lipinski definition) is 5. The smallest absolute Gasteiger partial charge is 0.255 e. The van der Waals surface area contributed by atoms with E-state index in [-0.39, 0.29) is 29.7 Å². The van der Waals surface area contributed by atoms with Crippen LogP contribution < -0.4 is 5.73 Å². The number of carbonyl (C=O) groups is 3. The second-order valence-corrected chi connectivity index (χ2v) is 12.7. The Morgan fingerprint density at radius 3 is 2.40 bits per heavy atom. The van der Waals surface area contributed by atoms with Crippen molar-refractivity contribution in [2.45, 2.75) is 62.8 Å². The van der Waals surface area contributed by atoms with Gasteiger partial charge in [-0.25, -0.2) is 0 Å². The number of primary amides is 1. The van der Waals surface area contributed by atoms with Crippen LogP contribution in [0.4, 0.5) is 0 Å². The van der Waals surface area contributed by atoms with Crippen molar-refractivity contribution in [3.63, 3.8) is 0 Å². The number of Topliss-reactive ketones (excluding diaryl/α,β-unsaturated/α-hetero) is 2. The fourth-order valence-corrected chi connectivity index (χ4v) is 7.38. The first-order chi connectivity index (χ1) is 18.9.